The second-order valence-electron chi connectivity index (χ2n) is 3.95. The number of rotatable bonds is 4. The normalized spacial score (nSPS) is 13.4. The Labute approximate surface area is 123 Å². The lowest BCUT2D eigenvalue weighted by molar-refractivity contribution is 0.504. The Morgan fingerprint density at radius 3 is 2.60 bits per heavy atom. The van der Waals surface area contributed by atoms with Gasteiger partial charge in [-0.2, -0.15) is 0 Å². The number of aromatic nitrogens is 1. The first-order valence-electron chi connectivity index (χ1n) is 5.38. The van der Waals surface area contributed by atoms with Crippen molar-refractivity contribution < 1.29 is 17.2 Å². The lowest BCUT2D eigenvalue weighted by atomic mass is 10.1. The fourth-order valence-corrected chi connectivity index (χ4v) is 4.05. The molecule has 0 aliphatic carbocycles. The summed E-state index contributed by atoms with van der Waals surface area (Å²) in [5.74, 6) is -2.02. The van der Waals surface area contributed by atoms with E-state index in [1.54, 1.807) is 0 Å². The Kier molecular flexibility index (Phi) is 4.38. The monoisotopic (exact) mass is 338 g/mol. The van der Waals surface area contributed by atoms with Gasteiger partial charge in [-0.1, -0.05) is 29.0 Å². The minimum atomic E-state index is -3.80. The average molecular weight is 339 g/mol. The van der Waals surface area contributed by atoms with Crippen LogP contribution in [0, 0.1) is 11.6 Å². The third-order valence-electron chi connectivity index (χ3n) is 2.50. The Morgan fingerprint density at radius 1 is 1.35 bits per heavy atom. The molecule has 1 atom stereocenters. The first-order valence-corrected chi connectivity index (χ1v) is 8.06. The van der Waals surface area contributed by atoms with Gasteiger partial charge in [0, 0.05) is 6.04 Å². The molecule has 4 nitrogen and oxygen atoms in total. The molecular formula is C11H9ClF2N2O2S2. The summed E-state index contributed by atoms with van der Waals surface area (Å²) in [6, 6.07) is 2.47. The third kappa shape index (κ3) is 3.32. The summed E-state index contributed by atoms with van der Waals surface area (Å²) >= 11 is 6.39. The van der Waals surface area contributed by atoms with Gasteiger partial charge < -0.3 is 0 Å². The van der Waals surface area contributed by atoms with E-state index in [0.29, 0.717) is 5.56 Å². The Morgan fingerprint density at radius 2 is 2.05 bits per heavy atom. The number of thiazole rings is 1. The maximum Gasteiger partial charge on any atom is 0.252 e. The zero-order valence-electron chi connectivity index (χ0n) is 10.1. The van der Waals surface area contributed by atoms with Crippen LogP contribution in [0.2, 0.25) is 4.47 Å². The smallest absolute Gasteiger partial charge is 0.232 e. The number of hydrogen-bond donors (Lipinski definition) is 1. The Balaban J connectivity index is 2.22. The molecule has 0 saturated carbocycles. The second kappa shape index (κ2) is 5.72. The predicted octanol–water partition coefficient (Wildman–Crippen LogP) is 3.11. The summed E-state index contributed by atoms with van der Waals surface area (Å²) in [4.78, 5) is 3.64. The van der Waals surface area contributed by atoms with Gasteiger partial charge in [-0.15, -0.1) is 0 Å². The number of nitrogens with one attached hydrogen (secondary N) is 1. The molecule has 0 spiro atoms. The third-order valence-corrected chi connectivity index (χ3v) is 5.61. The van der Waals surface area contributed by atoms with Crippen LogP contribution in [-0.4, -0.2) is 13.4 Å². The van der Waals surface area contributed by atoms with Crippen molar-refractivity contribution in [3.8, 4) is 0 Å². The van der Waals surface area contributed by atoms with Crippen molar-refractivity contribution in [1.29, 1.82) is 0 Å². The van der Waals surface area contributed by atoms with Crippen LogP contribution >= 0.6 is 22.9 Å². The molecule has 1 heterocycles. The van der Waals surface area contributed by atoms with Crippen LogP contribution in [0.15, 0.2) is 28.6 Å². The van der Waals surface area contributed by atoms with Crippen molar-refractivity contribution in [1.82, 2.24) is 9.71 Å². The summed E-state index contributed by atoms with van der Waals surface area (Å²) < 4.78 is 52.4. The molecule has 2 aromatic rings. The summed E-state index contributed by atoms with van der Waals surface area (Å²) in [7, 11) is -3.80. The van der Waals surface area contributed by atoms with Crippen LogP contribution in [0.3, 0.4) is 0 Å². The van der Waals surface area contributed by atoms with Crippen LogP contribution in [0.25, 0.3) is 0 Å². The molecule has 0 aliphatic heterocycles. The zero-order chi connectivity index (χ0) is 14.9. The minimum Gasteiger partial charge on any atom is -0.232 e. The van der Waals surface area contributed by atoms with E-state index < -0.39 is 27.7 Å². The highest BCUT2D eigenvalue weighted by molar-refractivity contribution is 7.91. The quantitative estimate of drug-likeness (QED) is 0.931. The molecule has 9 heteroatoms. The molecule has 0 bridgehead atoms. The van der Waals surface area contributed by atoms with E-state index in [0.717, 1.165) is 29.7 Å². The maximum absolute atomic E-state index is 13.1. The molecular weight excluding hydrogens is 330 g/mol. The molecule has 20 heavy (non-hydrogen) atoms. The van der Waals surface area contributed by atoms with E-state index in [2.05, 4.69) is 9.71 Å². The van der Waals surface area contributed by atoms with Gasteiger partial charge >= 0.3 is 0 Å². The summed E-state index contributed by atoms with van der Waals surface area (Å²) in [5.41, 5.74) is 0.308. The van der Waals surface area contributed by atoms with Crippen LogP contribution in [0.1, 0.15) is 18.5 Å². The standard InChI is InChI=1S/C11H9ClF2N2O2S2/c1-6(7-2-3-8(13)9(14)4-7)16-20(17,18)10-5-15-11(12)19-10/h2-6,16H,1H3. The van der Waals surface area contributed by atoms with Crippen molar-refractivity contribution in [3.05, 3.63) is 46.1 Å². The van der Waals surface area contributed by atoms with E-state index in [4.69, 9.17) is 11.6 Å². The van der Waals surface area contributed by atoms with Gasteiger partial charge in [0.25, 0.3) is 10.0 Å². The Bertz CT molecular complexity index is 734. The van der Waals surface area contributed by atoms with Crippen molar-refractivity contribution in [3.63, 3.8) is 0 Å². The molecule has 0 amide bonds. The second-order valence-corrected chi connectivity index (χ2v) is 7.50. The molecule has 1 aromatic carbocycles. The fraction of sp³-hybridized carbons (Fsp3) is 0.182. The first-order chi connectivity index (χ1) is 9.29. The number of nitrogens with zero attached hydrogens (tertiary/aromatic N) is 1. The summed E-state index contributed by atoms with van der Waals surface area (Å²) in [5, 5.41) is 0. The topological polar surface area (TPSA) is 59.1 Å². The number of sulfonamides is 1. The summed E-state index contributed by atoms with van der Waals surface area (Å²) in [6.07, 6.45) is 1.13. The van der Waals surface area contributed by atoms with Crippen LogP contribution in [0.4, 0.5) is 8.78 Å². The van der Waals surface area contributed by atoms with Gasteiger partial charge in [0.1, 0.15) is 0 Å². The molecule has 1 aromatic heterocycles. The minimum absolute atomic E-state index is 0.0445. The fourth-order valence-electron chi connectivity index (χ4n) is 1.50. The van der Waals surface area contributed by atoms with Crippen molar-refractivity contribution in [2.75, 3.05) is 0 Å². The molecule has 1 unspecified atom stereocenters. The Hall–Kier alpha value is -1.09. The largest absolute Gasteiger partial charge is 0.252 e. The highest BCUT2D eigenvalue weighted by atomic mass is 35.5. The average Bonchev–Trinajstić information content (AvgIpc) is 2.79. The van der Waals surface area contributed by atoms with Gasteiger partial charge in [-0.05, 0) is 24.6 Å². The SMILES string of the molecule is CC(NS(=O)(=O)c1cnc(Cl)s1)c1ccc(F)c(F)c1. The molecule has 2 rings (SSSR count). The number of halogens is 3. The maximum atomic E-state index is 13.1. The molecule has 108 valence electrons. The van der Waals surface area contributed by atoms with Crippen LogP contribution < -0.4 is 4.72 Å². The van der Waals surface area contributed by atoms with Gasteiger partial charge in [-0.3, -0.25) is 0 Å². The lowest BCUT2D eigenvalue weighted by Crippen LogP contribution is -2.26. The zero-order valence-corrected chi connectivity index (χ0v) is 12.5. The molecule has 0 fully saturated rings. The van der Waals surface area contributed by atoms with Gasteiger partial charge in [0.2, 0.25) is 0 Å². The van der Waals surface area contributed by atoms with Crippen molar-refractivity contribution >= 4 is 33.0 Å². The summed E-state index contributed by atoms with van der Waals surface area (Å²) in [6.45, 7) is 1.52. The number of hydrogen-bond acceptors (Lipinski definition) is 4. The van der Waals surface area contributed by atoms with Crippen molar-refractivity contribution in [2.24, 2.45) is 0 Å². The predicted molar refractivity (Wildman–Crippen MR) is 72.2 cm³/mol. The van der Waals surface area contributed by atoms with E-state index in [-0.39, 0.29) is 8.68 Å². The van der Waals surface area contributed by atoms with E-state index in [1.165, 1.54) is 13.0 Å². The van der Waals surface area contributed by atoms with Crippen LogP contribution in [0.5, 0.6) is 0 Å². The first kappa shape index (κ1) is 15.3. The van der Waals surface area contributed by atoms with Gasteiger partial charge in [0.05, 0.1) is 6.20 Å². The lowest BCUT2D eigenvalue weighted by Gasteiger charge is -2.13. The van der Waals surface area contributed by atoms with Crippen LogP contribution in [-0.2, 0) is 10.0 Å². The van der Waals surface area contributed by atoms with Gasteiger partial charge in [-0.25, -0.2) is 26.9 Å². The molecule has 0 saturated heterocycles. The van der Waals surface area contributed by atoms with Gasteiger partial charge in [0.15, 0.2) is 20.3 Å². The number of benzene rings is 1. The highest BCUT2D eigenvalue weighted by Crippen LogP contribution is 2.24. The van der Waals surface area contributed by atoms with Crippen molar-refractivity contribution in [2.45, 2.75) is 17.2 Å². The highest BCUT2D eigenvalue weighted by Gasteiger charge is 2.21. The molecule has 0 radical (unpaired) electrons. The molecule has 0 aliphatic rings. The van der Waals surface area contributed by atoms with E-state index in [9.17, 15) is 17.2 Å². The van der Waals surface area contributed by atoms with E-state index >= 15 is 0 Å². The van der Waals surface area contributed by atoms with E-state index in [1.807, 2.05) is 0 Å². The molecule has 1 N–H and O–H groups in total.